The lowest BCUT2D eigenvalue weighted by atomic mass is 10.1. The Bertz CT molecular complexity index is 1030. The molecule has 3 N–H and O–H groups in total. The first-order valence-electron chi connectivity index (χ1n) is 7.81. The zero-order chi connectivity index (χ0) is 18.7. The molecule has 0 fully saturated rings. The fourth-order valence-electron chi connectivity index (χ4n) is 2.66. The fourth-order valence-corrected chi connectivity index (χ4v) is 2.66. The van der Waals surface area contributed by atoms with Crippen LogP contribution in [-0.2, 0) is 11.3 Å². The number of aromatic amines is 1. The third-order valence-corrected chi connectivity index (χ3v) is 3.89. The first-order valence-corrected chi connectivity index (χ1v) is 7.81. The molecule has 0 aliphatic heterocycles. The van der Waals surface area contributed by atoms with E-state index >= 15 is 0 Å². The second-order valence-electron chi connectivity index (χ2n) is 5.60. The van der Waals surface area contributed by atoms with Crippen molar-refractivity contribution in [1.82, 2.24) is 9.97 Å². The minimum absolute atomic E-state index is 0.127. The Hall–Kier alpha value is -3.26. The van der Waals surface area contributed by atoms with E-state index in [1.165, 1.54) is 31.5 Å². The molecule has 0 saturated heterocycles. The molecule has 0 atom stereocenters. The van der Waals surface area contributed by atoms with Gasteiger partial charge in [-0.1, -0.05) is 0 Å². The number of amides is 1. The van der Waals surface area contributed by atoms with Crippen molar-refractivity contribution in [2.45, 2.75) is 6.61 Å². The Morgan fingerprint density at radius 2 is 2.12 bits per heavy atom. The van der Waals surface area contributed by atoms with E-state index in [1.54, 1.807) is 19.3 Å². The number of H-pyrrole nitrogens is 1. The van der Waals surface area contributed by atoms with Crippen molar-refractivity contribution < 1.29 is 13.9 Å². The van der Waals surface area contributed by atoms with Crippen molar-refractivity contribution in [2.24, 2.45) is 0 Å². The Morgan fingerprint density at radius 1 is 1.31 bits per heavy atom. The summed E-state index contributed by atoms with van der Waals surface area (Å²) in [6.07, 6.45) is 3.05. The molecule has 0 bridgehead atoms. The third-order valence-electron chi connectivity index (χ3n) is 3.89. The molecule has 0 aliphatic carbocycles. The van der Waals surface area contributed by atoms with Crippen molar-refractivity contribution >= 4 is 28.2 Å². The van der Waals surface area contributed by atoms with E-state index in [4.69, 9.17) is 4.74 Å². The molecular weight excluding hydrogens is 339 g/mol. The molecule has 0 radical (unpaired) electrons. The van der Waals surface area contributed by atoms with Crippen molar-refractivity contribution in [3.63, 3.8) is 0 Å². The molecular formula is C18H17FN4O3. The third kappa shape index (κ3) is 3.40. The lowest BCUT2D eigenvalue weighted by Gasteiger charge is -2.11. The smallest absolute Gasteiger partial charge is 0.261 e. The second kappa shape index (κ2) is 7.32. The van der Waals surface area contributed by atoms with Gasteiger partial charge < -0.3 is 20.4 Å². The summed E-state index contributed by atoms with van der Waals surface area (Å²) in [6.45, 7) is 0.281. The van der Waals surface area contributed by atoms with Gasteiger partial charge in [-0.2, -0.15) is 0 Å². The predicted octanol–water partition coefficient (Wildman–Crippen LogP) is 2.50. The van der Waals surface area contributed by atoms with Crippen LogP contribution in [0.15, 0.2) is 41.5 Å². The number of halogens is 1. The van der Waals surface area contributed by atoms with Crippen molar-refractivity contribution in [1.29, 1.82) is 0 Å². The summed E-state index contributed by atoms with van der Waals surface area (Å²) in [7, 11) is 3.15. The zero-order valence-electron chi connectivity index (χ0n) is 14.2. The fraction of sp³-hybridized carbons (Fsp3) is 0.167. The van der Waals surface area contributed by atoms with Gasteiger partial charge in [0.1, 0.15) is 11.4 Å². The highest BCUT2D eigenvalue weighted by Crippen LogP contribution is 2.23. The van der Waals surface area contributed by atoms with E-state index in [0.717, 1.165) is 5.56 Å². The van der Waals surface area contributed by atoms with Gasteiger partial charge in [-0.15, -0.1) is 0 Å². The summed E-state index contributed by atoms with van der Waals surface area (Å²) < 4.78 is 18.8. The first-order chi connectivity index (χ1) is 12.5. The monoisotopic (exact) mass is 356 g/mol. The number of benzene rings is 1. The van der Waals surface area contributed by atoms with Gasteiger partial charge in [-0.25, -0.2) is 4.39 Å². The summed E-state index contributed by atoms with van der Waals surface area (Å²) in [6, 6.07) is 5.59. The van der Waals surface area contributed by atoms with Gasteiger partial charge in [-0.05, 0) is 24.3 Å². The average molecular weight is 356 g/mol. The van der Waals surface area contributed by atoms with Gasteiger partial charge in [0, 0.05) is 31.3 Å². The zero-order valence-corrected chi connectivity index (χ0v) is 14.2. The van der Waals surface area contributed by atoms with E-state index in [2.05, 4.69) is 20.6 Å². The van der Waals surface area contributed by atoms with Crippen LogP contribution in [0.4, 0.5) is 15.8 Å². The molecule has 3 aromatic rings. The lowest BCUT2D eigenvalue weighted by Crippen LogP contribution is -2.23. The maximum absolute atomic E-state index is 13.7. The molecule has 2 aromatic heterocycles. The number of methoxy groups -OCH3 is 1. The van der Waals surface area contributed by atoms with E-state index in [-0.39, 0.29) is 12.2 Å². The lowest BCUT2D eigenvalue weighted by molar-refractivity contribution is 0.102. The minimum Gasteiger partial charge on any atom is -0.386 e. The molecule has 0 unspecified atom stereocenters. The van der Waals surface area contributed by atoms with Crippen LogP contribution >= 0.6 is 0 Å². The predicted molar refractivity (Wildman–Crippen MR) is 97.0 cm³/mol. The molecule has 1 amide bonds. The second-order valence-corrected chi connectivity index (χ2v) is 5.60. The number of anilines is 2. The summed E-state index contributed by atoms with van der Waals surface area (Å²) in [5.74, 6) is -1.09. The first kappa shape index (κ1) is 17.6. The number of fused-ring (bicyclic) bond motifs is 1. The van der Waals surface area contributed by atoms with Gasteiger partial charge in [0.15, 0.2) is 0 Å². The van der Waals surface area contributed by atoms with E-state index in [1.807, 2.05) is 0 Å². The Labute approximate surface area is 148 Å². The molecule has 3 rings (SSSR count). The van der Waals surface area contributed by atoms with Crippen LogP contribution in [0, 0.1) is 5.82 Å². The maximum atomic E-state index is 13.7. The normalized spacial score (nSPS) is 10.7. The van der Waals surface area contributed by atoms with E-state index < -0.39 is 17.3 Å². The van der Waals surface area contributed by atoms with Crippen LogP contribution < -0.4 is 16.2 Å². The van der Waals surface area contributed by atoms with Crippen LogP contribution in [0.2, 0.25) is 0 Å². The molecule has 0 saturated carbocycles. The molecule has 1 aromatic carbocycles. The largest absolute Gasteiger partial charge is 0.386 e. The van der Waals surface area contributed by atoms with Gasteiger partial charge in [-0.3, -0.25) is 14.6 Å². The molecule has 26 heavy (non-hydrogen) atoms. The number of pyridine rings is 2. The molecule has 0 spiro atoms. The maximum Gasteiger partial charge on any atom is 0.261 e. The SMILES string of the molecule is CNc1cc(F)cc2cc(C(=O)Nc3cnccc3COC)c(=O)[nH]c12. The Kier molecular flexibility index (Phi) is 4.94. The van der Waals surface area contributed by atoms with E-state index in [9.17, 15) is 14.0 Å². The number of rotatable bonds is 5. The van der Waals surface area contributed by atoms with Crippen molar-refractivity contribution in [3.05, 3.63) is 64.0 Å². The number of aromatic nitrogens is 2. The molecule has 134 valence electrons. The minimum atomic E-state index is -0.617. The molecule has 2 heterocycles. The standard InChI is InChI=1S/C18H17FN4O3/c1-20-14-7-12(19)5-11-6-13(18(25)23-16(11)14)17(24)22-15-8-21-4-3-10(15)9-26-2/h3-8,20H,9H2,1-2H3,(H,22,24)(H,23,25). The highest BCUT2D eigenvalue weighted by molar-refractivity contribution is 6.06. The Morgan fingerprint density at radius 3 is 2.85 bits per heavy atom. The number of carbonyl (C=O) groups is 1. The van der Waals surface area contributed by atoms with Gasteiger partial charge in [0.2, 0.25) is 0 Å². The molecule has 7 nitrogen and oxygen atoms in total. The highest BCUT2D eigenvalue weighted by Gasteiger charge is 2.15. The van der Waals surface area contributed by atoms with Gasteiger partial charge >= 0.3 is 0 Å². The number of carbonyl (C=O) groups excluding carboxylic acids is 1. The van der Waals surface area contributed by atoms with Gasteiger partial charge in [0.25, 0.3) is 11.5 Å². The number of ether oxygens (including phenoxy) is 1. The molecule has 0 aliphatic rings. The van der Waals surface area contributed by atoms with Crippen molar-refractivity contribution in [3.8, 4) is 0 Å². The average Bonchev–Trinajstić information content (AvgIpc) is 2.62. The summed E-state index contributed by atoms with van der Waals surface area (Å²) >= 11 is 0. The van der Waals surface area contributed by atoms with Crippen LogP contribution in [-0.4, -0.2) is 30.0 Å². The Balaban J connectivity index is 2.01. The summed E-state index contributed by atoms with van der Waals surface area (Å²) in [4.78, 5) is 31.5. The summed E-state index contributed by atoms with van der Waals surface area (Å²) in [5, 5.41) is 5.87. The number of hydrogen-bond acceptors (Lipinski definition) is 5. The van der Waals surface area contributed by atoms with Crippen LogP contribution in [0.3, 0.4) is 0 Å². The van der Waals surface area contributed by atoms with Crippen LogP contribution in [0.5, 0.6) is 0 Å². The van der Waals surface area contributed by atoms with E-state index in [0.29, 0.717) is 22.3 Å². The highest BCUT2D eigenvalue weighted by atomic mass is 19.1. The van der Waals surface area contributed by atoms with Crippen molar-refractivity contribution in [2.75, 3.05) is 24.8 Å². The van der Waals surface area contributed by atoms with Crippen LogP contribution in [0.1, 0.15) is 15.9 Å². The number of hydrogen-bond donors (Lipinski definition) is 3. The van der Waals surface area contributed by atoms with Crippen LogP contribution in [0.25, 0.3) is 10.9 Å². The number of nitrogens with zero attached hydrogens (tertiary/aromatic N) is 1. The van der Waals surface area contributed by atoms with Gasteiger partial charge in [0.05, 0.1) is 29.7 Å². The quantitative estimate of drug-likeness (QED) is 0.653. The molecule has 8 heteroatoms. The summed E-state index contributed by atoms with van der Waals surface area (Å²) in [5.41, 5.74) is 1.31. The topological polar surface area (TPSA) is 96.1 Å². The number of nitrogens with one attached hydrogen (secondary N) is 3.